The van der Waals surface area contributed by atoms with Crippen molar-refractivity contribution in [3.63, 3.8) is 0 Å². The smallest absolute Gasteiger partial charge is 0.328 e. The second kappa shape index (κ2) is 4.48. The highest BCUT2D eigenvalue weighted by molar-refractivity contribution is 7.39. The van der Waals surface area contributed by atoms with Crippen LogP contribution in [0, 0.1) is 0 Å². The molecule has 0 saturated heterocycles. The molecule has 8 heavy (non-hydrogen) atoms. The average Bonchev–Trinajstić information content (AvgIpc) is 1.65. The lowest BCUT2D eigenvalue weighted by Crippen LogP contribution is -1.97. The third-order valence-electron chi connectivity index (χ3n) is 0.530. The minimum atomic E-state index is -2.28. The molecule has 0 amide bonds. The molecule has 0 saturated carbocycles. The summed E-state index contributed by atoms with van der Waals surface area (Å²) in [5, 5.41) is 0. The van der Waals surface area contributed by atoms with Crippen molar-refractivity contribution < 1.29 is 14.3 Å². The van der Waals surface area contributed by atoms with Gasteiger partial charge in [-0.3, -0.25) is 4.52 Å². The zero-order valence-electron chi connectivity index (χ0n) is 4.41. The van der Waals surface area contributed by atoms with E-state index in [0.717, 1.165) is 0 Å². The summed E-state index contributed by atoms with van der Waals surface area (Å²) in [4.78, 5) is 16.3. The first-order valence-corrected chi connectivity index (χ1v) is 3.75. The molecule has 0 fully saturated rings. The maximum absolute atomic E-state index is 8.17. The molecule has 0 bridgehead atoms. The van der Waals surface area contributed by atoms with Crippen molar-refractivity contribution in [3.05, 3.63) is 0 Å². The predicted octanol–water partition coefficient (Wildman–Crippen LogP) is 1.19. The van der Waals surface area contributed by atoms with Gasteiger partial charge in [0.1, 0.15) is 5.56 Å². The van der Waals surface area contributed by atoms with Crippen LogP contribution in [0.4, 0.5) is 0 Å². The molecule has 0 rings (SSSR count). The van der Waals surface area contributed by atoms with Gasteiger partial charge < -0.3 is 9.79 Å². The lowest BCUT2D eigenvalue weighted by atomic mass is 10.5. The Morgan fingerprint density at radius 3 is 2.38 bits per heavy atom. The van der Waals surface area contributed by atoms with E-state index in [1.165, 1.54) is 0 Å². The molecule has 1 unspecified atom stereocenters. The van der Waals surface area contributed by atoms with E-state index < -0.39 is 14.2 Å². The van der Waals surface area contributed by atoms with E-state index in [1.807, 2.05) is 0 Å². The van der Waals surface area contributed by atoms with E-state index in [1.54, 1.807) is 6.92 Å². The standard InChI is InChI=1S/C3H8ClO3P/c1-2-3(4)7-8(5)6/h3,5-6H,2H2,1H3. The Morgan fingerprint density at radius 2 is 2.25 bits per heavy atom. The third-order valence-corrected chi connectivity index (χ3v) is 1.49. The molecule has 50 valence electrons. The molecule has 5 heteroatoms. The molecular weight excluding hydrogens is 150 g/mol. The Balaban J connectivity index is 3.10. The SMILES string of the molecule is CCC(Cl)OP(O)O. The summed E-state index contributed by atoms with van der Waals surface area (Å²) in [5.74, 6) is 0. The largest absolute Gasteiger partial charge is 0.328 e. The zero-order valence-corrected chi connectivity index (χ0v) is 6.06. The number of hydrogen-bond donors (Lipinski definition) is 2. The third kappa shape index (κ3) is 4.75. The second-order valence-electron chi connectivity index (χ2n) is 1.18. The topological polar surface area (TPSA) is 49.7 Å². The van der Waals surface area contributed by atoms with Crippen LogP contribution in [0.25, 0.3) is 0 Å². The molecule has 3 nitrogen and oxygen atoms in total. The first-order chi connectivity index (χ1) is 3.66. The normalized spacial score (nSPS) is 14.6. The highest BCUT2D eigenvalue weighted by Gasteiger charge is 2.06. The second-order valence-corrected chi connectivity index (χ2v) is 2.38. The molecule has 0 aromatic rings. The minimum Gasteiger partial charge on any atom is -0.328 e. The van der Waals surface area contributed by atoms with Gasteiger partial charge in [0, 0.05) is 0 Å². The van der Waals surface area contributed by atoms with Gasteiger partial charge in [-0.2, -0.15) is 0 Å². The van der Waals surface area contributed by atoms with Crippen LogP contribution in [-0.2, 0) is 4.52 Å². The predicted molar refractivity (Wildman–Crippen MR) is 32.4 cm³/mol. The Morgan fingerprint density at radius 1 is 1.75 bits per heavy atom. The molecule has 0 aliphatic heterocycles. The summed E-state index contributed by atoms with van der Waals surface area (Å²) < 4.78 is 4.34. The zero-order chi connectivity index (χ0) is 6.57. The first-order valence-electron chi connectivity index (χ1n) is 2.15. The summed E-state index contributed by atoms with van der Waals surface area (Å²) in [6, 6.07) is 0. The van der Waals surface area contributed by atoms with E-state index >= 15 is 0 Å². The van der Waals surface area contributed by atoms with Gasteiger partial charge in [-0.1, -0.05) is 18.5 Å². The van der Waals surface area contributed by atoms with Gasteiger partial charge >= 0.3 is 8.60 Å². The molecule has 0 aromatic heterocycles. The molecule has 2 N–H and O–H groups in total. The van der Waals surface area contributed by atoms with Gasteiger partial charge in [0.2, 0.25) is 0 Å². The van der Waals surface area contributed by atoms with Crippen LogP contribution in [0.1, 0.15) is 13.3 Å². The van der Waals surface area contributed by atoms with Crippen molar-refractivity contribution in [1.82, 2.24) is 0 Å². The number of alkyl halides is 1. The number of halogens is 1. The van der Waals surface area contributed by atoms with Crippen LogP contribution in [0.2, 0.25) is 0 Å². The molecule has 0 aliphatic rings. The van der Waals surface area contributed by atoms with Crippen molar-refractivity contribution >= 4 is 20.2 Å². The van der Waals surface area contributed by atoms with Gasteiger partial charge in [0.15, 0.2) is 0 Å². The molecule has 0 aromatic carbocycles. The molecule has 0 aliphatic carbocycles. The van der Waals surface area contributed by atoms with Gasteiger partial charge in [-0.15, -0.1) is 0 Å². The summed E-state index contributed by atoms with van der Waals surface area (Å²) in [6.07, 6.45) is 0.571. The van der Waals surface area contributed by atoms with Crippen LogP contribution in [0.3, 0.4) is 0 Å². The van der Waals surface area contributed by atoms with E-state index in [9.17, 15) is 0 Å². The van der Waals surface area contributed by atoms with Crippen molar-refractivity contribution in [2.24, 2.45) is 0 Å². The van der Waals surface area contributed by atoms with Gasteiger partial charge in [-0.25, -0.2) is 0 Å². The van der Waals surface area contributed by atoms with E-state index in [2.05, 4.69) is 4.52 Å². The number of hydrogen-bond acceptors (Lipinski definition) is 3. The molecular formula is C3H8ClO3P. The van der Waals surface area contributed by atoms with E-state index in [-0.39, 0.29) is 0 Å². The molecule has 1 atom stereocenters. The Hall–Kier alpha value is 0.600. The average molecular weight is 159 g/mol. The van der Waals surface area contributed by atoms with Crippen molar-refractivity contribution in [2.45, 2.75) is 18.9 Å². The quantitative estimate of drug-likeness (QED) is 0.479. The summed E-state index contributed by atoms with van der Waals surface area (Å²) in [7, 11) is -2.28. The monoisotopic (exact) mass is 158 g/mol. The maximum Gasteiger partial charge on any atom is 0.328 e. The molecule has 0 spiro atoms. The fourth-order valence-corrected chi connectivity index (χ4v) is 0.744. The van der Waals surface area contributed by atoms with Crippen molar-refractivity contribution in [1.29, 1.82) is 0 Å². The highest BCUT2D eigenvalue weighted by Crippen LogP contribution is 2.28. The highest BCUT2D eigenvalue weighted by atomic mass is 35.5. The number of rotatable bonds is 3. The van der Waals surface area contributed by atoms with Crippen LogP contribution in [0.5, 0.6) is 0 Å². The lowest BCUT2D eigenvalue weighted by molar-refractivity contribution is 0.227. The van der Waals surface area contributed by atoms with Gasteiger partial charge in [0.25, 0.3) is 0 Å². The fraction of sp³-hybridized carbons (Fsp3) is 1.00. The van der Waals surface area contributed by atoms with Crippen LogP contribution in [0.15, 0.2) is 0 Å². The molecule has 0 radical (unpaired) electrons. The Labute approximate surface area is 54.2 Å². The van der Waals surface area contributed by atoms with E-state index in [4.69, 9.17) is 21.4 Å². The van der Waals surface area contributed by atoms with Crippen LogP contribution in [-0.4, -0.2) is 15.3 Å². The minimum absolute atomic E-state index is 0.571. The van der Waals surface area contributed by atoms with E-state index in [0.29, 0.717) is 6.42 Å². The van der Waals surface area contributed by atoms with Gasteiger partial charge in [-0.05, 0) is 6.42 Å². The summed E-state index contributed by atoms with van der Waals surface area (Å²) in [6.45, 7) is 1.79. The summed E-state index contributed by atoms with van der Waals surface area (Å²) >= 11 is 5.33. The van der Waals surface area contributed by atoms with Crippen LogP contribution >= 0.6 is 20.2 Å². The first kappa shape index (κ1) is 8.60. The fourth-order valence-electron chi connectivity index (χ4n) is 0.177. The van der Waals surface area contributed by atoms with Crippen LogP contribution < -0.4 is 0 Å². The van der Waals surface area contributed by atoms with Crippen molar-refractivity contribution in [3.8, 4) is 0 Å². The lowest BCUT2D eigenvalue weighted by Gasteiger charge is -2.06. The maximum atomic E-state index is 8.17. The Kier molecular flexibility index (Phi) is 4.81. The summed E-state index contributed by atoms with van der Waals surface area (Å²) in [5.41, 5.74) is -0.573. The Bertz CT molecular complexity index is 60.5. The molecule has 0 heterocycles. The van der Waals surface area contributed by atoms with Gasteiger partial charge in [0.05, 0.1) is 0 Å². The van der Waals surface area contributed by atoms with Crippen molar-refractivity contribution in [2.75, 3.05) is 0 Å².